The first-order valence-corrected chi connectivity index (χ1v) is 4.00. The Hall–Kier alpha value is -2.24. The number of esters is 1. The molecular formula is C9H8N2O4. The topological polar surface area (TPSA) is 82.3 Å². The van der Waals surface area contributed by atoms with Gasteiger partial charge in [-0.2, -0.15) is 0 Å². The minimum absolute atomic E-state index is 0.231. The summed E-state index contributed by atoms with van der Waals surface area (Å²) in [5.74, 6) is -0.724. The maximum Gasteiger partial charge on any atom is 0.363 e. The van der Waals surface area contributed by atoms with E-state index in [9.17, 15) is 14.9 Å². The van der Waals surface area contributed by atoms with Crippen LogP contribution in [0, 0.1) is 10.1 Å². The van der Waals surface area contributed by atoms with Gasteiger partial charge in [-0.3, -0.25) is 0 Å². The summed E-state index contributed by atoms with van der Waals surface area (Å²) in [7, 11) is 1.26. The highest BCUT2D eigenvalue weighted by atomic mass is 16.6. The van der Waals surface area contributed by atoms with Gasteiger partial charge in [-0.15, -0.1) is 0 Å². The predicted octanol–water partition coefficient (Wildman–Crippen LogP) is 1.18. The van der Waals surface area contributed by atoms with Crippen molar-refractivity contribution in [3.8, 4) is 0 Å². The van der Waals surface area contributed by atoms with Gasteiger partial charge < -0.3 is 14.9 Å². The number of aromatic nitrogens is 1. The number of hydrogen-bond donors (Lipinski definition) is 0. The molecule has 1 aromatic heterocycles. The number of nitro groups is 1. The molecule has 0 N–H and O–H groups in total. The molecular weight excluding hydrogens is 200 g/mol. The van der Waals surface area contributed by atoms with E-state index in [0.29, 0.717) is 5.56 Å². The number of carbonyl (C=O) groups excluding carboxylic acids is 1. The molecule has 0 aliphatic carbocycles. The maximum absolute atomic E-state index is 10.7. The van der Waals surface area contributed by atoms with Crippen molar-refractivity contribution in [2.75, 3.05) is 7.11 Å². The minimum Gasteiger partial charge on any atom is -0.466 e. The zero-order valence-corrected chi connectivity index (χ0v) is 7.91. The second kappa shape index (κ2) is 4.85. The number of methoxy groups -OCH3 is 1. The molecule has 0 unspecified atom stereocenters. The van der Waals surface area contributed by atoms with Gasteiger partial charge in [-0.05, 0) is 22.0 Å². The van der Waals surface area contributed by atoms with Gasteiger partial charge in [0.1, 0.15) is 6.20 Å². The van der Waals surface area contributed by atoms with Crippen LogP contribution in [-0.2, 0) is 9.53 Å². The fourth-order valence-corrected chi connectivity index (χ4v) is 0.836. The van der Waals surface area contributed by atoms with Gasteiger partial charge in [0.15, 0.2) is 0 Å². The Morgan fingerprint density at radius 2 is 2.33 bits per heavy atom. The Kier molecular flexibility index (Phi) is 3.50. The van der Waals surface area contributed by atoms with Crippen molar-refractivity contribution in [1.82, 2.24) is 4.98 Å². The molecule has 0 fully saturated rings. The fraction of sp³-hybridized carbons (Fsp3) is 0.111. The first-order valence-electron chi connectivity index (χ1n) is 4.00. The molecule has 1 aromatic rings. The van der Waals surface area contributed by atoms with E-state index in [1.54, 1.807) is 0 Å². The van der Waals surface area contributed by atoms with E-state index < -0.39 is 10.9 Å². The Bertz CT molecular complexity index is 397. The SMILES string of the molecule is COC(=O)C=Cc1ccc([N+](=O)[O-])nc1. The summed E-state index contributed by atoms with van der Waals surface area (Å²) in [4.78, 5) is 24.0. The van der Waals surface area contributed by atoms with Gasteiger partial charge in [0.05, 0.1) is 7.11 Å². The molecule has 0 radical (unpaired) electrons. The van der Waals surface area contributed by atoms with Crippen LogP contribution in [0.3, 0.4) is 0 Å². The van der Waals surface area contributed by atoms with Crippen molar-refractivity contribution in [3.63, 3.8) is 0 Å². The Balaban J connectivity index is 2.77. The van der Waals surface area contributed by atoms with Crippen molar-refractivity contribution in [2.24, 2.45) is 0 Å². The molecule has 1 heterocycles. The molecule has 1 rings (SSSR count). The molecule has 0 bridgehead atoms. The zero-order valence-electron chi connectivity index (χ0n) is 7.91. The van der Waals surface area contributed by atoms with E-state index in [0.717, 1.165) is 0 Å². The maximum atomic E-state index is 10.7. The standard InChI is InChI=1S/C9H8N2O4/c1-15-9(12)5-3-7-2-4-8(10-6-7)11(13)14/h2-6H,1H3. The van der Waals surface area contributed by atoms with Crippen LogP contribution in [0.4, 0.5) is 5.82 Å². The zero-order chi connectivity index (χ0) is 11.3. The third kappa shape index (κ3) is 3.18. The smallest absolute Gasteiger partial charge is 0.363 e. The van der Waals surface area contributed by atoms with Crippen LogP contribution >= 0.6 is 0 Å². The van der Waals surface area contributed by atoms with E-state index >= 15 is 0 Å². The van der Waals surface area contributed by atoms with Crippen LogP contribution in [0.2, 0.25) is 0 Å². The third-order valence-corrected chi connectivity index (χ3v) is 1.57. The van der Waals surface area contributed by atoms with Crippen LogP contribution in [0.5, 0.6) is 0 Å². The molecule has 0 amide bonds. The molecule has 0 aromatic carbocycles. The number of rotatable bonds is 3. The molecule has 0 atom stereocenters. The quantitative estimate of drug-likeness (QED) is 0.322. The normalized spacial score (nSPS) is 10.2. The molecule has 0 saturated carbocycles. The van der Waals surface area contributed by atoms with Gasteiger partial charge in [-0.1, -0.05) is 0 Å². The fourth-order valence-electron chi connectivity index (χ4n) is 0.836. The summed E-state index contributed by atoms with van der Waals surface area (Å²) in [6, 6.07) is 2.75. The molecule has 6 nitrogen and oxygen atoms in total. The van der Waals surface area contributed by atoms with Crippen molar-refractivity contribution in [3.05, 3.63) is 40.1 Å². The van der Waals surface area contributed by atoms with Gasteiger partial charge in [0.25, 0.3) is 0 Å². The Morgan fingerprint density at radius 1 is 1.60 bits per heavy atom. The Labute approximate surface area is 85.3 Å². The molecule has 0 spiro atoms. The first kappa shape index (κ1) is 10.8. The monoisotopic (exact) mass is 208 g/mol. The summed E-state index contributed by atoms with van der Waals surface area (Å²) in [6.07, 6.45) is 3.98. The van der Waals surface area contributed by atoms with E-state index in [-0.39, 0.29) is 5.82 Å². The predicted molar refractivity (Wildman–Crippen MR) is 51.9 cm³/mol. The van der Waals surface area contributed by atoms with E-state index in [4.69, 9.17) is 0 Å². The van der Waals surface area contributed by atoms with E-state index in [1.165, 1.54) is 37.6 Å². The lowest BCUT2D eigenvalue weighted by molar-refractivity contribution is -0.389. The highest BCUT2D eigenvalue weighted by molar-refractivity contribution is 5.86. The first-order chi connectivity index (χ1) is 7.13. The highest BCUT2D eigenvalue weighted by Crippen LogP contribution is 2.08. The Morgan fingerprint density at radius 3 is 2.80 bits per heavy atom. The lowest BCUT2D eigenvalue weighted by Crippen LogP contribution is -1.94. The number of hydrogen-bond acceptors (Lipinski definition) is 5. The van der Waals surface area contributed by atoms with Crippen LogP contribution in [-0.4, -0.2) is 23.0 Å². The largest absolute Gasteiger partial charge is 0.466 e. The molecule has 78 valence electrons. The lowest BCUT2D eigenvalue weighted by atomic mass is 10.2. The van der Waals surface area contributed by atoms with Gasteiger partial charge in [-0.25, -0.2) is 4.79 Å². The average molecular weight is 208 g/mol. The van der Waals surface area contributed by atoms with Crippen molar-refractivity contribution in [2.45, 2.75) is 0 Å². The molecule has 15 heavy (non-hydrogen) atoms. The van der Waals surface area contributed by atoms with Gasteiger partial charge in [0.2, 0.25) is 0 Å². The van der Waals surface area contributed by atoms with Crippen molar-refractivity contribution >= 4 is 17.9 Å². The van der Waals surface area contributed by atoms with Crippen LogP contribution < -0.4 is 0 Å². The summed E-state index contributed by atoms with van der Waals surface area (Å²) in [5, 5.41) is 10.3. The number of pyridine rings is 1. The molecule has 6 heteroatoms. The summed E-state index contributed by atoms with van der Waals surface area (Å²) < 4.78 is 4.38. The van der Waals surface area contributed by atoms with E-state index in [2.05, 4.69) is 9.72 Å². The van der Waals surface area contributed by atoms with Gasteiger partial charge in [0, 0.05) is 17.7 Å². The second-order valence-corrected chi connectivity index (χ2v) is 2.56. The molecule has 0 saturated heterocycles. The summed E-state index contributed by atoms with van der Waals surface area (Å²) >= 11 is 0. The average Bonchev–Trinajstić information content (AvgIpc) is 2.26. The van der Waals surface area contributed by atoms with Crippen LogP contribution in [0.25, 0.3) is 6.08 Å². The van der Waals surface area contributed by atoms with Gasteiger partial charge >= 0.3 is 11.8 Å². The summed E-state index contributed by atoms with van der Waals surface area (Å²) in [6.45, 7) is 0. The molecule has 0 aliphatic heterocycles. The van der Waals surface area contributed by atoms with Crippen molar-refractivity contribution in [1.29, 1.82) is 0 Å². The minimum atomic E-state index is -0.589. The van der Waals surface area contributed by atoms with E-state index in [1.807, 2.05) is 0 Å². The van der Waals surface area contributed by atoms with Crippen LogP contribution in [0.15, 0.2) is 24.4 Å². The molecule has 0 aliphatic rings. The summed E-state index contributed by atoms with van der Waals surface area (Å²) in [5.41, 5.74) is 0.589. The highest BCUT2D eigenvalue weighted by Gasteiger charge is 2.04. The van der Waals surface area contributed by atoms with Crippen molar-refractivity contribution < 1.29 is 14.5 Å². The number of carbonyl (C=O) groups is 1. The lowest BCUT2D eigenvalue weighted by Gasteiger charge is -1.92. The van der Waals surface area contributed by atoms with Crippen LogP contribution in [0.1, 0.15) is 5.56 Å². The number of nitrogens with zero attached hydrogens (tertiary/aromatic N) is 2. The third-order valence-electron chi connectivity index (χ3n) is 1.57. The second-order valence-electron chi connectivity index (χ2n) is 2.56. The number of ether oxygens (including phenoxy) is 1.